The van der Waals surface area contributed by atoms with E-state index in [1.165, 1.54) is 0 Å². The van der Waals surface area contributed by atoms with E-state index in [2.05, 4.69) is 12.2 Å². The third-order valence-electron chi connectivity index (χ3n) is 2.34. The summed E-state index contributed by atoms with van der Waals surface area (Å²) in [4.78, 5) is 0. The third kappa shape index (κ3) is 7.77. The fourth-order valence-electron chi connectivity index (χ4n) is 1.23. The Hall–Kier alpha value is -0.120. The van der Waals surface area contributed by atoms with E-state index in [1.54, 1.807) is 0 Å². The zero-order valence-corrected chi connectivity index (χ0v) is 10.9. The van der Waals surface area contributed by atoms with Crippen LogP contribution in [0.2, 0.25) is 0 Å². The van der Waals surface area contributed by atoms with Gasteiger partial charge in [0, 0.05) is 12.1 Å². The van der Waals surface area contributed by atoms with E-state index in [0.717, 1.165) is 19.4 Å². The van der Waals surface area contributed by atoms with Gasteiger partial charge in [-0.3, -0.25) is 0 Å². The van der Waals surface area contributed by atoms with Crippen molar-refractivity contribution in [2.45, 2.75) is 58.6 Å². The molecule has 0 saturated heterocycles. The molecule has 0 heterocycles. The van der Waals surface area contributed by atoms with Crippen molar-refractivity contribution in [1.29, 1.82) is 0 Å². The van der Waals surface area contributed by atoms with Crippen molar-refractivity contribution in [3.63, 3.8) is 0 Å². The average Bonchev–Trinajstić information content (AvgIpc) is 2.13. The van der Waals surface area contributed by atoms with Crippen LogP contribution in [0.1, 0.15) is 47.5 Å². The molecule has 0 aliphatic carbocycles. The molecule has 0 aromatic carbocycles. The van der Waals surface area contributed by atoms with E-state index >= 15 is 0 Å². The first-order valence-corrected chi connectivity index (χ1v) is 5.83. The first kappa shape index (κ1) is 14.9. The highest BCUT2D eigenvalue weighted by Gasteiger charge is 2.22. The number of aliphatic hydroxyl groups is 1. The lowest BCUT2D eigenvalue weighted by Gasteiger charge is -2.30. The van der Waals surface area contributed by atoms with Gasteiger partial charge in [-0.25, -0.2) is 0 Å². The van der Waals surface area contributed by atoms with Crippen molar-refractivity contribution >= 4 is 0 Å². The quantitative estimate of drug-likeness (QED) is 0.685. The molecule has 0 rings (SSSR count). The summed E-state index contributed by atoms with van der Waals surface area (Å²) in [6.07, 6.45) is 1.91. The van der Waals surface area contributed by atoms with Crippen LogP contribution in [-0.2, 0) is 4.74 Å². The topological polar surface area (TPSA) is 41.5 Å². The van der Waals surface area contributed by atoms with Gasteiger partial charge in [0.2, 0.25) is 0 Å². The van der Waals surface area contributed by atoms with Crippen LogP contribution in [0.3, 0.4) is 0 Å². The summed E-state index contributed by atoms with van der Waals surface area (Å²) < 4.78 is 5.66. The van der Waals surface area contributed by atoms with Crippen molar-refractivity contribution in [3.8, 4) is 0 Å². The van der Waals surface area contributed by atoms with Gasteiger partial charge in [-0.05, 0) is 47.1 Å². The van der Waals surface area contributed by atoms with Crippen molar-refractivity contribution in [2.75, 3.05) is 19.8 Å². The van der Waals surface area contributed by atoms with E-state index in [0.29, 0.717) is 6.61 Å². The summed E-state index contributed by atoms with van der Waals surface area (Å²) in [5, 5.41) is 12.7. The molecule has 15 heavy (non-hydrogen) atoms. The highest BCUT2D eigenvalue weighted by Crippen LogP contribution is 2.13. The second-order valence-electron chi connectivity index (χ2n) is 5.36. The molecule has 0 aliphatic heterocycles. The van der Waals surface area contributed by atoms with Gasteiger partial charge in [-0.15, -0.1) is 0 Å². The molecule has 1 atom stereocenters. The average molecular weight is 217 g/mol. The number of rotatable bonds is 7. The summed E-state index contributed by atoms with van der Waals surface area (Å²) in [5.74, 6) is 0. The molecule has 2 N–H and O–H groups in total. The van der Waals surface area contributed by atoms with Gasteiger partial charge in [-0.1, -0.05) is 6.92 Å². The normalized spacial score (nSPS) is 16.4. The maximum absolute atomic E-state index is 9.32. The van der Waals surface area contributed by atoms with E-state index < -0.39 is 0 Å². The van der Waals surface area contributed by atoms with Crippen LogP contribution in [0.25, 0.3) is 0 Å². The molecule has 0 aromatic heterocycles. The van der Waals surface area contributed by atoms with Gasteiger partial charge in [0.05, 0.1) is 12.2 Å². The maximum atomic E-state index is 9.32. The van der Waals surface area contributed by atoms with Crippen LogP contribution in [0.5, 0.6) is 0 Å². The Morgan fingerprint density at radius 2 is 1.80 bits per heavy atom. The molecule has 0 fully saturated rings. The molecule has 1 unspecified atom stereocenters. The molecular weight excluding hydrogens is 190 g/mol. The van der Waals surface area contributed by atoms with E-state index in [9.17, 15) is 5.11 Å². The Morgan fingerprint density at radius 1 is 1.20 bits per heavy atom. The fourth-order valence-corrected chi connectivity index (χ4v) is 1.23. The van der Waals surface area contributed by atoms with Crippen LogP contribution in [0, 0.1) is 0 Å². The van der Waals surface area contributed by atoms with Crippen molar-refractivity contribution < 1.29 is 9.84 Å². The van der Waals surface area contributed by atoms with Gasteiger partial charge >= 0.3 is 0 Å². The zero-order chi connectivity index (χ0) is 11.9. The minimum Gasteiger partial charge on any atom is -0.394 e. The number of nitrogens with one attached hydrogen (secondary N) is 1. The van der Waals surface area contributed by atoms with Gasteiger partial charge in [-0.2, -0.15) is 0 Å². The van der Waals surface area contributed by atoms with Gasteiger partial charge in [0.1, 0.15) is 0 Å². The minimum atomic E-state index is -0.207. The Bertz CT molecular complexity index is 165. The first-order chi connectivity index (χ1) is 6.83. The summed E-state index contributed by atoms with van der Waals surface area (Å²) in [7, 11) is 0. The van der Waals surface area contributed by atoms with Crippen LogP contribution < -0.4 is 5.32 Å². The van der Waals surface area contributed by atoms with Gasteiger partial charge in [0.25, 0.3) is 0 Å². The predicted octanol–water partition coefficient (Wildman–Crippen LogP) is 1.94. The van der Waals surface area contributed by atoms with E-state index in [4.69, 9.17) is 4.74 Å². The fraction of sp³-hybridized carbons (Fsp3) is 1.00. The summed E-state index contributed by atoms with van der Waals surface area (Å²) in [6, 6.07) is 0. The molecule has 0 saturated carbocycles. The predicted molar refractivity (Wildman–Crippen MR) is 64.1 cm³/mol. The highest BCUT2D eigenvalue weighted by molar-refractivity contribution is 4.82. The Kier molecular flexibility index (Phi) is 6.41. The molecular formula is C12H27NO2. The molecule has 0 bridgehead atoms. The molecule has 3 heteroatoms. The van der Waals surface area contributed by atoms with Gasteiger partial charge in [0.15, 0.2) is 0 Å². The van der Waals surface area contributed by atoms with Crippen molar-refractivity contribution in [3.05, 3.63) is 0 Å². The summed E-state index contributed by atoms with van der Waals surface area (Å²) >= 11 is 0. The van der Waals surface area contributed by atoms with Gasteiger partial charge < -0.3 is 15.2 Å². The Labute approximate surface area is 94.2 Å². The van der Waals surface area contributed by atoms with Crippen molar-refractivity contribution in [2.24, 2.45) is 0 Å². The number of hydrogen-bond acceptors (Lipinski definition) is 3. The van der Waals surface area contributed by atoms with Crippen LogP contribution in [0.15, 0.2) is 0 Å². The molecule has 0 aromatic rings. The maximum Gasteiger partial charge on any atom is 0.0611 e. The summed E-state index contributed by atoms with van der Waals surface area (Å²) in [5.41, 5.74) is -0.303. The third-order valence-corrected chi connectivity index (χ3v) is 2.34. The number of ether oxygens (including phenoxy) is 1. The molecule has 0 aliphatic rings. The Morgan fingerprint density at radius 3 is 2.20 bits per heavy atom. The SMILES string of the molecule is CCCNC(C)(CO)CCOC(C)(C)C. The van der Waals surface area contributed by atoms with Crippen LogP contribution in [0.4, 0.5) is 0 Å². The standard InChI is InChI=1S/C12H27NO2/c1-6-8-13-12(5,10-14)7-9-15-11(2,3)4/h13-14H,6-10H2,1-5H3. The lowest BCUT2D eigenvalue weighted by atomic mass is 9.99. The lowest BCUT2D eigenvalue weighted by Crippen LogP contribution is -2.47. The number of aliphatic hydroxyl groups excluding tert-OH is 1. The number of hydrogen-bond donors (Lipinski definition) is 2. The molecule has 0 amide bonds. The molecule has 92 valence electrons. The van der Waals surface area contributed by atoms with E-state index in [1.807, 2.05) is 27.7 Å². The lowest BCUT2D eigenvalue weighted by molar-refractivity contribution is -0.0168. The smallest absolute Gasteiger partial charge is 0.0611 e. The minimum absolute atomic E-state index is 0.0961. The highest BCUT2D eigenvalue weighted by atomic mass is 16.5. The van der Waals surface area contributed by atoms with Crippen molar-refractivity contribution in [1.82, 2.24) is 5.32 Å². The zero-order valence-electron chi connectivity index (χ0n) is 10.9. The molecule has 3 nitrogen and oxygen atoms in total. The summed E-state index contributed by atoms with van der Waals surface area (Å²) in [6.45, 7) is 12.1. The first-order valence-electron chi connectivity index (χ1n) is 5.83. The van der Waals surface area contributed by atoms with Crippen LogP contribution in [-0.4, -0.2) is 36.0 Å². The van der Waals surface area contributed by atoms with Crippen LogP contribution >= 0.6 is 0 Å². The second kappa shape index (κ2) is 6.46. The van der Waals surface area contributed by atoms with E-state index in [-0.39, 0.29) is 17.7 Å². The molecule has 0 radical (unpaired) electrons. The molecule has 0 spiro atoms. The largest absolute Gasteiger partial charge is 0.394 e. The monoisotopic (exact) mass is 217 g/mol. The Balaban J connectivity index is 3.87. The second-order valence-corrected chi connectivity index (χ2v) is 5.36.